The van der Waals surface area contributed by atoms with E-state index in [1.165, 1.54) is 0 Å². The van der Waals surface area contributed by atoms with E-state index in [1.54, 1.807) is 0 Å². The Hall–Kier alpha value is -1.89. The molecule has 1 aromatic heterocycles. The fourth-order valence-electron chi connectivity index (χ4n) is 3.95. The van der Waals surface area contributed by atoms with Crippen molar-refractivity contribution in [3.63, 3.8) is 0 Å². The van der Waals surface area contributed by atoms with Crippen molar-refractivity contribution in [1.82, 2.24) is 20.0 Å². The summed E-state index contributed by atoms with van der Waals surface area (Å²) >= 11 is 0. The first-order valence-electron chi connectivity index (χ1n) is 8.04. The fraction of sp³-hybridized carbons (Fsp3) is 0.688. The number of amides is 1. The van der Waals surface area contributed by atoms with Crippen LogP contribution in [0.1, 0.15) is 36.8 Å². The molecule has 0 bridgehead atoms. The molecule has 2 aliphatic heterocycles. The monoisotopic (exact) mass is 320 g/mol. The molecule has 0 radical (unpaired) electrons. The summed E-state index contributed by atoms with van der Waals surface area (Å²) in [5.74, 6) is -1.48. The molecule has 3 heterocycles. The van der Waals surface area contributed by atoms with Crippen LogP contribution < -0.4 is 5.32 Å². The van der Waals surface area contributed by atoms with Crippen LogP contribution in [-0.2, 0) is 16.1 Å². The van der Waals surface area contributed by atoms with Gasteiger partial charge in [-0.2, -0.15) is 5.10 Å². The molecule has 7 heteroatoms. The van der Waals surface area contributed by atoms with Crippen molar-refractivity contribution in [2.45, 2.75) is 40.3 Å². The molecule has 0 saturated carbocycles. The molecule has 0 unspecified atom stereocenters. The number of aliphatic carboxylic acids is 1. The van der Waals surface area contributed by atoms with Crippen molar-refractivity contribution in [2.75, 3.05) is 19.6 Å². The summed E-state index contributed by atoms with van der Waals surface area (Å²) in [6.45, 7) is 9.97. The Morgan fingerprint density at radius 2 is 2.17 bits per heavy atom. The number of likely N-dealkylation sites (tertiary alicyclic amines) is 1. The normalized spacial score (nSPS) is 27.5. The van der Waals surface area contributed by atoms with Gasteiger partial charge in [0.05, 0.1) is 11.6 Å². The second-order valence-electron chi connectivity index (χ2n) is 7.09. The first-order chi connectivity index (χ1) is 10.8. The maximum Gasteiger partial charge on any atom is 0.313 e. The molecule has 1 amide bonds. The van der Waals surface area contributed by atoms with Gasteiger partial charge in [0, 0.05) is 43.5 Å². The van der Waals surface area contributed by atoms with Gasteiger partial charge in [-0.25, -0.2) is 0 Å². The average Bonchev–Trinajstić information content (AvgIpc) is 3.08. The number of aromatic nitrogens is 2. The highest BCUT2D eigenvalue weighted by molar-refractivity contribution is 5.92. The van der Waals surface area contributed by atoms with Crippen LogP contribution in [-0.4, -0.2) is 51.3 Å². The number of carboxylic acid groups (broad SMARTS) is 1. The van der Waals surface area contributed by atoms with E-state index in [0.29, 0.717) is 19.6 Å². The number of hydrogen-bond donors (Lipinski definition) is 2. The van der Waals surface area contributed by atoms with Crippen LogP contribution in [0.4, 0.5) is 0 Å². The Morgan fingerprint density at radius 1 is 1.48 bits per heavy atom. The van der Waals surface area contributed by atoms with E-state index in [2.05, 4.69) is 29.2 Å². The molecule has 2 aliphatic rings. The number of nitrogens with zero attached hydrogens (tertiary/aromatic N) is 3. The minimum absolute atomic E-state index is 0.138. The van der Waals surface area contributed by atoms with Gasteiger partial charge < -0.3 is 10.4 Å². The molecule has 3 rings (SSSR count). The third-order valence-electron chi connectivity index (χ3n) is 5.28. The van der Waals surface area contributed by atoms with Gasteiger partial charge >= 0.3 is 5.97 Å². The fourth-order valence-corrected chi connectivity index (χ4v) is 3.95. The minimum Gasteiger partial charge on any atom is -0.481 e. The van der Waals surface area contributed by atoms with Crippen LogP contribution in [0.3, 0.4) is 0 Å². The van der Waals surface area contributed by atoms with Gasteiger partial charge in [-0.1, -0.05) is 0 Å². The maximum atomic E-state index is 12.0. The van der Waals surface area contributed by atoms with Crippen LogP contribution in [0.15, 0.2) is 0 Å². The van der Waals surface area contributed by atoms with Gasteiger partial charge in [-0.15, -0.1) is 0 Å². The van der Waals surface area contributed by atoms with Gasteiger partial charge in [-0.3, -0.25) is 19.2 Å². The number of nitrogens with one attached hydrogen (secondary N) is 1. The van der Waals surface area contributed by atoms with Gasteiger partial charge in [0.15, 0.2) is 0 Å². The smallest absolute Gasteiger partial charge is 0.313 e. The third kappa shape index (κ3) is 2.34. The Labute approximate surface area is 135 Å². The lowest BCUT2D eigenvalue weighted by molar-refractivity contribution is -0.149. The molecule has 0 aliphatic carbocycles. The quantitative estimate of drug-likeness (QED) is 0.853. The SMILES string of the molecule is Cc1nn(C(C)C)c(C)c1CN1C[C@H]2C(=O)NC[C@@]2(C(=O)O)C1. The minimum atomic E-state index is -0.979. The van der Waals surface area contributed by atoms with Gasteiger partial charge in [0.2, 0.25) is 5.91 Å². The Balaban J connectivity index is 1.84. The standard InChI is InChI=1S/C16H24N4O3/c1-9(2)20-11(4)12(10(3)18-20)5-19-6-13-14(21)17-7-16(13,8-19)15(22)23/h9,13H,5-8H2,1-4H3,(H,17,21)(H,22,23)/t13-,16+/m0/s1. The van der Waals surface area contributed by atoms with Crippen molar-refractivity contribution in [2.24, 2.45) is 11.3 Å². The molecule has 2 fully saturated rings. The molecule has 2 atom stereocenters. The highest BCUT2D eigenvalue weighted by Gasteiger charge is 2.59. The lowest BCUT2D eigenvalue weighted by atomic mass is 9.81. The molecule has 7 nitrogen and oxygen atoms in total. The van der Waals surface area contributed by atoms with Crippen LogP contribution in [0.25, 0.3) is 0 Å². The number of hydrogen-bond acceptors (Lipinski definition) is 4. The number of rotatable bonds is 4. The van der Waals surface area contributed by atoms with Crippen molar-refractivity contribution in [1.29, 1.82) is 0 Å². The largest absolute Gasteiger partial charge is 0.481 e. The van der Waals surface area contributed by atoms with Gasteiger partial charge in [0.25, 0.3) is 0 Å². The van der Waals surface area contributed by atoms with Gasteiger partial charge in [0.1, 0.15) is 5.41 Å². The number of carboxylic acids is 1. The molecular weight excluding hydrogens is 296 g/mol. The van der Waals surface area contributed by atoms with E-state index in [9.17, 15) is 14.7 Å². The second kappa shape index (κ2) is 5.33. The average molecular weight is 320 g/mol. The van der Waals surface area contributed by atoms with E-state index in [-0.39, 0.29) is 18.5 Å². The van der Waals surface area contributed by atoms with Crippen LogP contribution in [0.5, 0.6) is 0 Å². The van der Waals surface area contributed by atoms with Crippen LogP contribution in [0, 0.1) is 25.2 Å². The first-order valence-corrected chi connectivity index (χ1v) is 8.04. The van der Waals surface area contributed by atoms with Crippen LogP contribution in [0.2, 0.25) is 0 Å². The lowest BCUT2D eigenvalue weighted by Gasteiger charge is -2.22. The van der Waals surface area contributed by atoms with Crippen LogP contribution >= 0.6 is 0 Å². The summed E-state index contributed by atoms with van der Waals surface area (Å²) in [7, 11) is 0. The molecule has 23 heavy (non-hydrogen) atoms. The first kappa shape index (κ1) is 16.0. The third-order valence-corrected chi connectivity index (χ3v) is 5.28. The molecule has 1 aromatic rings. The summed E-state index contributed by atoms with van der Waals surface area (Å²) in [6, 6.07) is 0.288. The summed E-state index contributed by atoms with van der Waals surface area (Å²) < 4.78 is 2.00. The molecule has 126 valence electrons. The van der Waals surface area contributed by atoms with E-state index in [4.69, 9.17) is 0 Å². The molecule has 0 aromatic carbocycles. The number of fused-ring (bicyclic) bond motifs is 1. The predicted octanol–water partition coefficient (Wildman–Crippen LogP) is 0.713. The zero-order chi connectivity index (χ0) is 16.9. The predicted molar refractivity (Wildman–Crippen MR) is 83.9 cm³/mol. The summed E-state index contributed by atoms with van der Waals surface area (Å²) in [5, 5.41) is 16.9. The van der Waals surface area contributed by atoms with Crippen molar-refractivity contribution in [3.05, 3.63) is 17.0 Å². The Bertz CT molecular complexity index is 667. The van der Waals surface area contributed by atoms with E-state index in [0.717, 1.165) is 17.0 Å². The second-order valence-corrected chi connectivity index (χ2v) is 7.09. The topological polar surface area (TPSA) is 87.5 Å². The van der Waals surface area contributed by atoms with E-state index in [1.807, 2.05) is 18.5 Å². The zero-order valence-corrected chi connectivity index (χ0v) is 14.1. The van der Waals surface area contributed by atoms with Crippen molar-refractivity contribution < 1.29 is 14.7 Å². The lowest BCUT2D eigenvalue weighted by Crippen LogP contribution is -2.40. The Kier molecular flexibility index (Phi) is 3.71. The van der Waals surface area contributed by atoms with Crippen molar-refractivity contribution in [3.8, 4) is 0 Å². The van der Waals surface area contributed by atoms with Crippen molar-refractivity contribution >= 4 is 11.9 Å². The van der Waals surface area contributed by atoms with Gasteiger partial charge in [-0.05, 0) is 27.7 Å². The number of carbonyl (C=O) groups excluding carboxylic acids is 1. The maximum absolute atomic E-state index is 12.0. The Morgan fingerprint density at radius 3 is 2.70 bits per heavy atom. The molecule has 2 saturated heterocycles. The summed E-state index contributed by atoms with van der Waals surface area (Å²) in [4.78, 5) is 25.8. The summed E-state index contributed by atoms with van der Waals surface area (Å²) in [6.07, 6.45) is 0. The zero-order valence-electron chi connectivity index (χ0n) is 14.1. The highest BCUT2D eigenvalue weighted by atomic mass is 16.4. The number of aryl methyl sites for hydroxylation is 1. The molecule has 0 spiro atoms. The number of carbonyl (C=O) groups is 2. The molecular formula is C16H24N4O3. The van der Waals surface area contributed by atoms with E-state index < -0.39 is 17.3 Å². The summed E-state index contributed by atoms with van der Waals surface area (Å²) in [5.41, 5.74) is 2.25. The van der Waals surface area contributed by atoms with E-state index >= 15 is 0 Å². The molecule has 2 N–H and O–H groups in total. The highest BCUT2D eigenvalue weighted by Crippen LogP contribution is 2.40.